The minimum Gasteiger partial charge on any atom is -0.489 e. The summed E-state index contributed by atoms with van der Waals surface area (Å²) in [6, 6.07) is 17.8. The van der Waals surface area contributed by atoms with Crippen LogP contribution in [-0.4, -0.2) is 14.8 Å². The van der Waals surface area contributed by atoms with Crippen molar-refractivity contribution in [1.29, 1.82) is 0 Å². The molecular weight excluding hydrogens is 325 g/mol. The van der Waals surface area contributed by atoms with Crippen LogP contribution in [0, 0.1) is 0 Å². The second-order valence-corrected chi connectivity index (χ2v) is 6.86. The lowest BCUT2D eigenvalue weighted by molar-refractivity contribution is 0.306. The average molecular weight is 341 g/mol. The molecule has 122 valence electrons. The summed E-state index contributed by atoms with van der Waals surface area (Å²) in [5.41, 5.74) is 3.01. The lowest BCUT2D eigenvalue weighted by Crippen LogP contribution is -2.04. The fraction of sp³-hybridized carbons (Fsp3) is 0.0556. The molecular formula is C18H16NO4P. The summed E-state index contributed by atoms with van der Waals surface area (Å²) in [6.07, 6.45) is 3.50. The first-order valence-corrected chi connectivity index (χ1v) is 8.92. The molecule has 6 heteroatoms. The van der Waals surface area contributed by atoms with Crippen LogP contribution in [0.2, 0.25) is 0 Å². The van der Waals surface area contributed by atoms with Crippen LogP contribution in [0.25, 0.3) is 11.1 Å². The van der Waals surface area contributed by atoms with Gasteiger partial charge in [-0.05, 0) is 53.1 Å². The first kappa shape index (κ1) is 16.4. The smallest absolute Gasteiger partial charge is 0.356 e. The molecule has 0 spiro atoms. The number of rotatable bonds is 5. The molecule has 0 aliphatic carbocycles. The van der Waals surface area contributed by atoms with Crippen LogP contribution in [0.5, 0.6) is 5.75 Å². The van der Waals surface area contributed by atoms with Crippen molar-refractivity contribution in [3.05, 3.63) is 78.6 Å². The highest BCUT2D eigenvalue weighted by atomic mass is 31.2. The maximum Gasteiger partial charge on any atom is 0.356 e. The lowest BCUT2D eigenvalue weighted by atomic mass is 10.1. The van der Waals surface area contributed by atoms with E-state index >= 15 is 0 Å². The van der Waals surface area contributed by atoms with E-state index < -0.39 is 7.60 Å². The molecule has 3 rings (SSSR count). The van der Waals surface area contributed by atoms with E-state index in [0.29, 0.717) is 6.61 Å². The Bertz CT molecular complexity index is 842. The van der Waals surface area contributed by atoms with E-state index in [0.717, 1.165) is 22.4 Å². The van der Waals surface area contributed by atoms with Crippen molar-refractivity contribution in [1.82, 2.24) is 4.98 Å². The third-order valence-corrected chi connectivity index (χ3v) is 4.52. The zero-order chi connectivity index (χ0) is 17.0. The lowest BCUT2D eigenvalue weighted by Gasteiger charge is -2.09. The third kappa shape index (κ3) is 4.09. The predicted octanol–water partition coefficient (Wildman–Crippen LogP) is 3.13. The molecule has 0 aliphatic rings. The van der Waals surface area contributed by atoms with Gasteiger partial charge in [-0.3, -0.25) is 9.55 Å². The number of hydrogen-bond acceptors (Lipinski definition) is 3. The monoisotopic (exact) mass is 341 g/mol. The molecule has 3 aromatic rings. The SMILES string of the molecule is O=P(O)(O)c1ccc(COc2ccc(-c3ccncc3)cc2)cc1. The van der Waals surface area contributed by atoms with Crippen molar-refractivity contribution < 1.29 is 19.1 Å². The molecule has 0 saturated carbocycles. The summed E-state index contributed by atoms with van der Waals surface area (Å²) in [5, 5.41) is 0.00736. The van der Waals surface area contributed by atoms with Gasteiger partial charge in [0.1, 0.15) is 12.4 Å². The van der Waals surface area contributed by atoms with Gasteiger partial charge in [0.25, 0.3) is 0 Å². The van der Waals surface area contributed by atoms with Crippen molar-refractivity contribution in [3.63, 3.8) is 0 Å². The van der Waals surface area contributed by atoms with Gasteiger partial charge in [-0.25, -0.2) is 0 Å². The van der Waals surface area contributed by atoms with E-state index in [4.69, 9.17) is 14.5 Å². The van der Waals surface area contributed by atoms with Gasteiger partial charge in [-0.2, -0.15) is 0 Å². The van der Waals surface area contributed by atoms with E-state index in [2.05, 4.69) is 4.98 Å². The van der Waals surface area contributed by atoms with Crippen LogP contribution < -0.4 is 10.0 Å². The number of nitrogens with zero attached hydrogens (tertiary/aromatic N) is 1. The van der Waals surface area contributed by atoms with Gasteiger partial charge >= 0.3 is 7.60 Å². The fourth-order valence-corrected chi connectivity index (χ4v) is 2.78. The maximum absolute atomic E-state index is 11.1. The zero-order valence-electron chi connectivity index (χ0n) is 12.7. The number of pyridine rings is 1. The third-order valence-electron chi connectivity index (χ3n) is 3.55. The minimum absolute atomic E-state index is 0.00736. The van der Waals surface area contributed by atoms with Gasteiger partial charge < -0.3 is 14.5 Å². The van der Waals surface area contributed by atoms with Crippen molar-refractivity contribution in [2.45, 2.75) is 6.61 Å². The normalized spacial score (nSPS) is 11.2. The van der Waals surface area contributed by atoms with E-state index in [1.807, 2.05) is 36.4 Å². The zero-order valence-corrected chi connectivity index (χ0v) is 13.6. The van der Waals surface area contributed by atoms with Crippen LogP contribution >= 0.6 is 7.60 Å². The molecule has 2 aromatic carbocycles. The largest absolute Gasteiger partial charge is 0.489 e. The van der Waals surface area contributed by atoms with Crippen molar-refractivity contribution in [2.24, 2.45) is 0 Å². The molecule has 1 aromatic heterocycles. The van der Waals surface area contributed by atoms with Gasteiger partial charge in [-0.15, -0.1) is 0 Å². The molecule has 24 heavy (non-hydrogen) atoms. The van der Waals surface area contributed by atoms with Crippen molar-refractivity contribution in [3.8, 4) is 16.9 Å². The Hall–Kier alpha value is -2.46. The molecule has 0 saturated heterocycles. The summed E-state index contributed by atoms with van der Waals surface area (Å²) in [4.78, 5) is 22.2. The minimum atomic E-state index is -4.20. The highest BCUT2D eigenvalue weighted by Crippen LogP contribution is 2.32. The standard InChI is InChI=1S/C18H16NO4P/c20-24(21,22)18-7-1-14(2-8-18)13-23-17-5-3-15(4-6-17)16-9-11-19-12-10-16/h1-12H,13H2,(H2,20,21,22). The van der Waals surface area contributed by atoms with Crippen LogP contribution in [0.1, 0.15) is 5.56 Å². The Morgan fingerprint density at radius 1 is 0.833 bits per heavy atom. The molecule has 5 nitrogen and oxygen atoms in total. The Morgan fingerprint density at radius 2 is 1.42 bits per heavy atom. The number of aromatic nitrogens is 1. The topological polar surface area (TPSA) is 79.7 Å². The van der Waals surface area contributed by atoms with E-state index in [1.54, 1.807) is 24.5 Å². The first-order chi connectivity index (χ1) is 11.5. The van der Waals surface area contributed by atoms with E-state index in [-0.39, 0.29) is 5.30 Å². The van der Waals surface area contributed by atoms with Gasteiger partial charge in [-0.1, -0.05) is 24.3 Å². The summed E-state index contributed by atoms with van der Waals surface area (Å²) in [7, 11) is -4.20. The molecule has 0 unspecified atom stereocenters. The average Bonchev–Trinajstić information content (AvgIpc) is 2.61. The molecule has 0 bridgehead atoms. The predicted molar refractivity (Wildman–Crippen MR) is 92.1 cm³/mol. The Balaban J connectivity index is 1.64. The Morgan fingerprint density at radius 3 is 2.00 bits per heavy atom. The van der Waals surface area contributed by atoms with Crippen molar-refractivity contribution >= 4 is 12.9 Å². The Kier molecular flexibility index (Phi) is 4.76. The molecule has 1 heterocycles. The Labute approximate surface area is 139 Å². The second-order valence-electron chi connectivity index (χ2n) is 5.26. The van der Waals surface area contributed by atoms with Crippen LogP contribution in [-0.2, 0) is 11.2 Å². The summed E-state index contributed by atoms with van der Waals surface area (Å²) in [6.45, 7) is 0.329. The molecule has 2 N–H and O–H groups in total. The molecule has 0 amide bonds. The molecule has 0 atom stereocenters. The maximum atomic E-state index is 11.1. The van der Waals surface area contributed by atoms with E-state index in [9.17, 15) is 4.57 Å². The van der Waals surface area contributed by atoms with Gasteiger partial charge in [0, 0.05) is 12.4 Å². The highest BCUT2D eigenvalue weighted by molar-refractivity contribution is 7.60. The van der Waals surface area contributed by atoms with E-state index in [1.165, 1.54) is 12.1 Å². The van der Waals surface area contributed by atoms with Crippen LogP contribution in [0.3, 0.4) is 0 Å². The van der Waals surface area contributed by atoms with Gasteiger partial charge in [0.05, 0.1) is 5.30 Å². The summed E-state index contributed by atoms with van der Waals surface area (Å²) in [5.74, 6) is 0.729. The van der Waals surface area contributed by atoms with Gasteiger partial charge in [0.15, 0.2) is 0 Å². The number of hydrogen-bond donors (Lipinski definition) is 2. The second kappa shape index (κ2) is 6.97. The van der Waals surface area contributed by atoms with Crippen molar-refractivity contribution in [2.75, 3.05) is 0 Å². The number of benzene rings is 2. The molecule has 0 aliphatic heterocycles. The van der Waals surface area contributed by atoms with Crippen LogP contribution in [0.4, 0.5) is 0 Å². The quantitative estimate of drug-likeness (QED) is 0.697. The summed E-state index contributed by atoms with van der Waals surface area (Å²) < 4.78 is 16.8. The fourth-order valence-electron chi connectivity index (χ4n) is 2.24. The number of ether oxygens (including phenoxy) is 1. The molecule has 0 fully saturated rings. The van der Waals surface area contributed by atoms with Crippen LogP contribution in [0.15, 0.2) is 73.1 Å². The van der Waals surface area contributed by atoms with Gasteiger partial charge in [0.2, 0.25) is 0 Å². The highest BCUT2D eigenvalue weighted by Gasteiger charge is 2.15. The first-order valence-electron chi connectivity index (χ1n) is 7.31. The summed E-state index contributed by atoms with van der Waals surface area (Å²) >= 11 is 0. The molecule has 0 radical (unpaired) electrons.